The van der Waals surface area contributed by atoms with Gasteiger partial charge in [0.15, 0.2) is 5.78 Å². The minimum Gasteiger partial charge on any atom is -0.393 e. The Morgan fingerprint density at radius 3 is 2.56 bits per heavy atom. The Balaban J connectivity index is 1.70. The fourth-order valence-electron chi connectivity index (χ4n) is 8.01. The second-order valence-electron chi connectivity index (χ2n) is 9.99. The summed E-state index contributed by atoms with van der Waals surface area (Å²) in [6, 6.07) is 0. The molecule has 0 heterocycles. The van der Waals surface area contributed by atoms with Gasteiger partial charge in [-0.15, -0.1) is 0 Å². The van der Waals surface area contributed by atoms with Gasteiger partial charge in [-0.05, 0) is 74.0 Å². The molecule has 0 aliphatic heterocycles. The van der Waals surface area contributed by atoms with Gasteiger partial charge in [0.05, 0.1) is 6.10 Å². The summed E-state index contributed by atoms with van der Waals surface area (Å²) in [6.45, 7) is 3.79. The maximum absolute atomic E-state index is 12.4. The fraction of sp³-hybridized carbons (Fsp3) is 0.952. The minimum atomic E-state index is -1.47. The molecule has 0 spiro atoms. The summed E-state index contributed by atoms with van der Waals surface area (Å²) in [5.74, 6) is 1.24. The highest BCUT2D eigenvalue weighted by atomic mass is 16.3. The van der Waals surface area contributed by atoms with Crippen LogP contribution in [0.25, 0.3) is 0 Å². The quantitative estimate of drug-likeness (QED) is 0.715. The molecule has 142 valence electrons. The average molecular weight is 350 g/mol. The number of hydrogen-bond donors (Lipinski definition) is 3. The van der Waals surface area contributed by atoms with Crippen LogP contribution in [0.5, 0.6) is 0 Å². The Morgan fingerprint density at radius 1 is 1.08 bits per heavy atom. The number of aliphatic hydroxyl groups excluding tert-OH is 2. The van der Waals surface area contributed by atoms with Crippen LogP contribution in [-0.4, -0.2) is 39.4 Å². The molecule has 4 aliphatic carbocycles. The van der Waals surface area contributed by atoms with Gasteiger partial charge in [0.1, 0.15) is 12.2 Å². The van der Waals surface area contributed by atoms with E-state index in [-0.39, 0.29) is 11.3 Å². The molecule has 4 rings (SSSR count). The first-order valence-corrected chi connectivity index (χ1v) is 10.3. The molecule has 0 aromatic heterocycles. The lowest BCUT2D eigenvalue weighted by atomic mass is 9.43. The third-order valence-electron chi connectivity index (χ3n) is 9.27. The van der Waals surface area contributed by atoms with E-state index in [4.69, 9.17) is 0 Å². The second-order valence-corrected chi connectivity index (χ2v) is 9.99. The van der Waals surface area contributed by atoms with Crippen LogP contribution in [0.3, 0.4) is 0 Å². The van der Waals surface area contributed by atoms with Crippen molar-refractivity contribution in [1.82, 2.24) is 0 Å². The molecule has 4 fully saturated rings. The number of Topliss-reactive ketones (excluding diaryl/α,β-unsaturated/α-hetero) is 1. The van der Waals surface area contributed by atoms with Gasteiger partial charge in [0, 0.05) is 5.41 Å². The van der Waals surface area contributed by atoms with Crippen LogP contribution in [-0.2, 0) is 4.79 Å². The van der Waals surface area contributed by atoms with Crippen molar-refractivity contribution in [1.29, 1.82) is 0 Å². The van der Waals surface area contributed by atoms with Crippen LogP contribution in [0.1, 0.15) is 71.6 Å². The second kappa shape index (κ2) is 5.77. The summed E-state index contributed by atoms with van der Waals surface area (Å²) in [5.41, 5.74) is -1.86. The molecule has 8 atom stereocenters. The molecular formula is C21H34O4. The van der Waals surface area contributed by atoms with Crippen LogP contribution in [0.4, 0.5) is 0 Å². The monoisotopic (exact) mass is 350 g/mol. The number of fused-ring (bicyclic) bond motifs is 5. The molecular weight excluding hydrogens is 316 g/mol. The van der Waals surface area contributed by atoms with E-state index in [1.165, 1.54) is 32.1 Å². The van der Waals surface area contributed by atoms with Crippen molar-refractivity contribution in [3.8, 4) is 0 Å². The van der Waals surface area contributed by atoms with Crippen LogP contribution in [0.2, 0.25) is 0 Å². The molecule has 0 saturated heterocycles. The number of carbonyl (C=O) groups excluding carboxylic acids is 1. The number of aliphatic hydroxyl groups is 3. The highest BCUT2D eigenvalue weighted by molar-refractivity contribution is 5.89. The van der Waals surface area contributed by atoms with Crippen molar-refractivity contribution in [2.75, 3.05) is 6.61 Å². The average Bonchev–Trinajstić information content (AvgIpc) is 2.85. The summed E-state index contributed by atoms with van der Waals surface area (Å²) >= 11 is 0. The molecule has 4 nitrogen and oxygen atoms in total. The highest BCUT2D eigenvalue weighted by Crippen LogP contribution is 2.68. The number of hydrogen-bond acceptors (Lipinski definition) is 4. The Labute approximate surface area is 151 Å². The summed E-state index contributed by atoms with van der Waals surface area (Å²) in [7, 11) is 0. The lowest BCUT2D eigenvalue weighted by molar-refractivity contribution is -0.198. The number of rotatable bonds is 2. The van der Waals surface area contributed by atoms with Crippen molar-refractivity contribution >= 4 is 5.78 Å². The van der Waals surface area contributed by atoms with Gasteiger partial charge < -0.3 is 15.3 Å². The zero-order valence-electron chi connectivity index (χ0n) is 15.7. The normalized spacial score (nSPS) is 55.2. The van der Waals surface area contributed by atoms with Crippen molar-refractivity contribution < 1.29 is 20.1 Å². The summed E-state index contributed by atoms with van der Waals surface area (Å²) in [6.07, 6.45) is 8.74. The first kappa shape index (κ1) is 17.9. The van der Waals surface area contributed by atoms with Gasteiger partial charge in [-0.3, -0.25) is 4.79 Å². The lowest BCUT2D eigenvalue weighted by Crippen LogP contribution is -2.62. The lowest BCUT2D eigenvalue weighted by Gasteiger charge is -2.62. The minimum absolute atomic E-state index is 0.212. The van der Waals surface area contributed by atoms with E-state index >= 15 is 0 Å². The van der Waals surface area contributed by atoms with Crippen LogP contribution >= 0.6 is 0 Å². The number of carbonyl (C=O) groups is 1. The molecule has 0 bridgehead atoms. The smallest absolute Gasteiger partial charge is 0.190 e. The van der Waals surface area contributed by atoms with Gasteiger partial charge >= 0.3 is 0 Å². The van der Waals surface area contributed by atoms with Gasteiger partial charge in [0.2, 0.25) is 0 Å². The predicted molar refractivity (Wildman–Crippen MR) is 94.8 cm³/mol. The molecule has 0 radical (unpaired) electrons. The standard InChI is InChI=1S/C21H34O4/c1-19-9-4-3-5-13(19)6-7-14-15-8-10-21(25,17(24)12-22)20(15,2)11-16(23)18(14)19/h13-16,18,22-23,25H,3-12H2,1-2H3/t13-,14?,15?,16?,18?,19-,20-,21-/m0/s1. The maximum atomic E-state index is 12.4. The van der Waals surface area contributed by atoms with E-state index in [0.717, 1.165) is 18.8 Å². The predicted octanol–water partition coefficient (Wildman–Crippen LogP) is 2.68. The Bertz CT molecular complexity index is 562. The van der Waals surface area contributed by atoms with E-state index in [9.17, 15) is 20.1 Å². The van der Waals surface area contributed by atoms with Crippen molar-refractivity contribution in [2.24, 2.45) is 34.5 Å². The van der Waals surface area contributed by atoms with Gasteiger partial charge in [-0.2, -0.15) is 0 Å². The third-order valence-corrected chi connectivity index (χ3v) is 9.27. The Kier molecular flexibility index (Phi) is 4.14. The topological polar surface area (TPSA) is 77.8 Å². The molecule has 0 amide bonds. The fourth-order valence-corrected chi connectivity index (χ4v) is 8.01. The Morgan fingerprint density at radius 2 is 1.84 bits per heavy atom. The van der Waals surface area contributed by atoms with Crippen LogP contribution < -0.4 is 0 Å². The van der Waals surface area contributed by atoms with E-state index in [2.05, 4.69) is 6.92 Å². The summed E-state index contributed by atoms with van der Waals surface area (Å²) < 4.78 is 0. The van der Waals surface area contributed by atoms with E-state index in [0.29, 0.717) is 24.7 Å². The first-order chi connectivity index (χ1) is 11.8. The largest absolute Gasteiger partial charge is 0.393 e. The molecule has 0 aromatic rings. The molecule has 3 N–H and O–H groups in total. The van der Waals surface area contributed by atoms with E-state index in [1.54, 1.807) is 0 Å². The third kappa shape index (κ3) is 2.20. The van der Waals surface area contributed by atoms with Crippen LogP contribution in [0, 0.1) is 34.5 Å². The zero-order valence-corrected chi connectivity index (χ0v) is 15.7. The summed E-state index contributed by atoms with van der Waals surface area (Å²) in [5, 5.41) is 31.8. The van der Waals surface area contributed by atoms with Gasteiger partial charge in [0.25, 0.3) is 0 Å². The van der Waals surface area contributed by atoms with Crippen LogP contribution in [0.15, 0.2) is 0 Å². The van der Waals surface area contributed by atoms with Crippen molar-refractivity contribution in [2.45, 2.75) is 83.3 Å². The van der Waals surface area contributed by atoms with Gasteiger partial charge in [-0.25, -0.2) is 0 Å². The van der Waals surface area contributed by atoms with E-state index < -0.39 is 29.5 Å². The SMILES string of the molecule is C[C@]12CC(O)C3C(CC[C@@H]4CCCC[C@]34C)C1CC[C@]2(O)C(=O)CO. The molecule has 0 aromatic carbocycles. The molecule has 4 heteroatoms. The van der Waals surface area contributed by atoms with Crippen molar-refractivity contribution in [3.63, 3.8) is 0 Å². The summed E-state index contributed by atoms with van der Waals surface area (Å²) in [4.78, 5) is 12.4. The molecule has 4 unspecified atom stereocenters. The number of ketones is 1. The first-order valence-electron chi connectivity index (χ1n) is 10.3. The molecule has 4 saturated carbocycles. The van der Waals surface area contributed by atoms with Crippen molar-refractivity contribution in [3.05, 3.63) is 0 Å². The Hall–Kier alpha value is -0.450. The zero-order chi connectivity index (χ0) is 18.0. The highest BCUT2D eigenvalue weighted by Gasteiger charge is 2.68. The van der Waals surface area contributed by atoms with Gasteiger partial charge in [-0.1, -0.05) is 26.7 Å². The molecule has 25 heavy (non-hydrogen) atoms. The molecule has 4 aliphatic rings. The van der Waals surface area contributed by atoms with E-state index in [1.807, 2.05) is 6.92 Å². The maximum Gasteiger partial charge on any atom is 0.190 e.